The molecule has 0 radical (unpaired) electrons. The Labute approximate surface area is 212 Å². The monoisotopic (exact) mass is 484 g/mol. The zero-order valence-electron chi connectivity index (χ0n) is 21.9. The Morgan fingerprint density at radius 2 is 1.56 bits per heavy atom. The summed E-state index contributed by atoms with van der Waals surface area (Å²) in [6, 6.07) is 16.0. The van der Waals surface area contributed by atoms with Crippen molar-refractivity contribution >= 4 is 18.0 Å². The third kappa shape index (κ3) is 4.59. The number of aryl methyl sites for hydroxylation is 3. The number of ether oxygens (including phenoxy) is 2. The van der Waals surface area contributed by atoms with E-state index >= 15 is 0 Å². The van der Waals surface area contributed by atoms with Gasteiger partial charge in [-0.15, -0.1) is 0 Å². The van der Waals surface area contributed by atoms with Gasteiger partial charge in [-0.1, -0.05) is 18.2 Å². The van der Waals surface area contributed by atoms with Gasteiger partial charge >= 0.3 is 5.97 Å². The van der Waals surface area contributed by atoms with E-state index in [0.29, 0.717) is 23.4 Å². The molecule has 4 rings (SSSR count). The summed E-state index contributed by atoms with van der Waals surface area (Å²) in [7, 11) is 2.95. The smallest absolute Gasteiger partial charge is 0.340 e. The lowest BCUT2D eigenvalue weighted by molar-refractivity contribution is -0.136. The van der Waals surface area contributed by atoms with Gasteiger partial charge in [0.15, 0.2) is 0 Å². The summed E-state index contributed by atoms with van der Waals surface area (Å²) in [5.41, 5.74) is 8.52. The SMILES string of the molecule is COC(=O)C1=C(C)N(Cc2ccc(OC)cc2)C(=O)C1=Cc1cc(C)n(-c2cc(C)cc(C)c2)c1C. The van der Waals surface area contributed by atoms with Gasteiger partial charge in [-0.25, -0.2) is 4.79 Å². The van der Waals surface area contributed by atoms with Gasteiger partial charge in [0, 0.05) is 22.8 Å². The molecule has 36 heavy (non-hydrogen) atoms. The van der Waals surface area contributed by atoms with Crippen LogP contribution < -0.4 is 4.74 Å². The van der Waals surface area contributed by atoms with E-state index in [9.17, 15) is 9.59 Å². The summed E-state index contributed by atoms with van der Waals surface area (Å²) < 4.78 is 12.5. The molecular weight excluding hydrogens is 452 g/mol. The third-order valence-electron chi connectivity index (χ3n) is 6.64. The molecule has 0 bridgehead atoms. The lowest BCUT2D eigenvalue weighted by Gasteiger charge is -2.18. The molecule has 0 unspecified atom stereocenters. The van der Waals surface area contributed by atoms with Crippen molar-refractivity contribution in [2.24, 2.45) is 0 Å². The van der Waals surface area contributed by atoms with Crippen LogP contribution in [0, 0.1) is 27.7 Å². The van der Waals surface area contributed by atoms with Crippen molar-refractivity contribution in [3.8, 4) is 11.4 Å². The first-order valence-electron chi connectivity index (χ1n) is 11.9. The van der Waals surface area contributed by atoms with Gasteiger partial charge in [0.25, 0.3) is 5.91 Å². The summed E-state index contributed by atoms with van der Waals surface area (Å²) in [5.74, 6) is 0.00104. The van der Waals surface area contributed by atoms with Gasteiger partial charge in [0.05, 0.1) is 31.9 Å². The maximum Gasteiger partial charge on any atom is 0.340 e. The van der Waals surface area contributed by atoms with E-state index in [0.717, 1.165) is 34.0 Å². The van der Waals surface area contributed by atoms with Crippen LogP contribution in [-0.2, 0) is 20.9 Å². The largest absolute Gasteiger partial charge is 0.497 e. The molecule has 6 heteroatoms. The molecule has 0 saturated carbocycles. The molecule has 2 aromatic carbocycles. The van der Waals surface area contributed by atoms with E-state index in [1.54, 1.807) is 18.9 Å². The standard InChI is InChI=1S/C30H32N2O4/c1-18-12-19(2)14-25(13-18)32-20(3)15-24(21(32)4)16-27-28(30(34)36-7)22(5)31(29(27)33)17-23-8-10-26(35-6)11-9-23/h8-16H,17H2,1-7H3. The van der Waals surface area contributed by atoms with E-state index in [1.165, 1.54) is 18.2 Å². The summed E-state index contributed by atoms with van der Waals surface area (Å²) in [5, 5.41) is 0. The summed E-state index contributed by atoms with van der Waals surface area (Å²) in [6.07, 6.45) is 1.81. The van der Waals surface area contributed by atoms with Crippen LogP contribution in [0.4, 0.5) is 0 Å². The quantitative estimate of drug-likeness (QED) is 0.338. The van der Waals surface area contributed by atoms with Gasteiger partial charge in [0.2, 0.25) is 0 Å². The first kappa shape index (κ1) is 25.0. The second-order valence-electron chi connectivity index (χ2n) is 9.26. The number of hydrogen-bond donors (Lipinski definition) is 0. The number of esters is 1. The minimum absolute atomic E-state index is 0.222. The fraction of sp³-hybridized carbons (Fsp3) is 0.267. The van der Waals surface area contributed by atoms with Crippen LogP contribution >= 0.6 is 0 Å². The molecule has 0 saturated heterocycles. The molecule has 0 N–H and O–H groups in total. The molecular formula is C30H32N2O4. The first-order chi connectivity index (χ1) is 17.1. The Balaban J connectivity index is 1.76. The minimum atomic E-state index is -0.521. The maximum absolute atomic E-state index is 13.6. The maximum atomic E-state index is 13.6. The number of carbonyl (C=O) groups is 2. The van der Waals surface area contributed by atoms with E-state index in [2.05, 4.69) is 36.6 Å². The second kappa shape index (κ2) is 9.90. The van der Waals surface area contributed by atoms with E-state index in [1.807, 2.05) is 50.3 Å². The highest BCUT2D eigenvalue weighted by atomic mass is 16.5. The van der Waals surface area contributed by atoms with Crippen molar-refractivity contribution in [3.05, 3.63) is 99.0 Å². The Morgan fingerprint density at radius 1 is 0.917 bits per heavy atom. The van der Waals surface area contributed by atoms with Gasteiger partial charge in [-0.2, -0.15) is 0 Å². The number of aromatic nitrogens is 1. The number of rotatable bonds is 6. The Hall–Kier alpha value is -4.06. The summed E-state index contributed by atoms with van der Waals surface area (Å²) >= 11 is 0. The predicted molar refractivity (Wildman–Crippen MR) is 141 cm³/mol. The highest BCUT2D eigenvalue weighted by molar-refractivity contribution is 6.16. The zero-order valence-corrected chi connectivity index (χ0v) is 21.9. The van der Waals surface area contributed by atoms with E-state index in [4.69, 9.17) is 9.47 Å². The molecule has 1 aliphatic rings. The number of carbonyl (C=O) groups excluding carboxylic acids is 2. The Kier molecular flexibility index (Phi) is 6.88. The van der Waals surface area contributed by atoms with Crippen LogP contribution in [0.2, 0.25) is 0 Å². The topological polar surface area (TPSA) is 60.8 Å². The number of benzene rings is 2. The first-order valence-corrected chi connectivity index (χ1v) is 11.9. The van der Waals surface area contributed by atoms with Crippen molar-refractivity contribution in [1.82, 2.24) is 9.47 Å². The average molecular weight is 485 g/mol. The van der Waals surface area contributed by atoms with Crippen LogP contribution in [-0.4, -0.2) is 35.6 Å². The number of nitrogens with zero attached hydrogens (tertiary/aromatic N) is 2. The van der Waals surface area contributed by atoms with Crippen LogP contribution in [0.3, 0.4) is 0 Å². The molecule has 1 aromatic heterocycles. The van der Waals surface area contributed by atoms with Gasteiger partial charge in [-0.05, 0) is 93.3 Å². The molecule has 0 atom stereocenters. The van der Waals surface area contributed by atoms with E-state index < -0.39 is 5.97 Å². The number of hydrogen-bond acceptors (Lipinski definition) is 4. The highest BCUT2D eigenvalue weighted by Crippen LogP contribution is 2.34. The number of methoxy groups -OCH3 is 2. The van der Waals surface area contributed by atoms with Gasteiger partial charge in [-0.3, -0.25) is 4.79 Å². The molecule has 186 valence electrons. The Bertz CT molecular complexity index is 1390. The van der Waals surface area contributed by atoms with Gasteiger partial charge in [0.1, 0.15) is 5.75 Å². The molecule has 0 spiro atoms. The van der Waals surface area contributed by atoms with Crippen molar-refractivity contribution < 1.29 is 19.1 Å². The normalized spacial score (nSPS) is 14.7. The molecule has 6 nitrogen and oxygen atoms in total. The van der Waals surface area contributed by atoms with Crippen molar-refractivity contribution in [2.75, 3.05) is 14.2 Å². The number of amides is 1. The zero-order chi connectivity index (χ0) is 26.1. The fourth-order valence-electron chi connectivity index (χ4n) is 4.90. The molecule has 0 aliphatic carbocycles. The lowest BCUT2D eigenvalue weighted by atomic mass is 10.0. The summed E-state index contributed by atoms with van der Waals surface area (Å²) in [4.78, 5) is 28.0. The average Bonchev–Trinajstić information content (AvgIpc) is 3.25. The van der Waals surface area contributed by atoms with Crippen LogP contribution in [0.5, 0.6) is 5.75 Å². The van der Waals surface area contributed by atoms with Crippen molar-refractivity contribution in [2.45, 2.75) is 41.2 Å². The van der Waals surface area contributed by atoms with Crippen LogP contribution in [0.25, 0.3) is 11.8 Å². The van der Waals surface area contributed by atoms with Crippen molar-refractivity contribution in [3.63, 3.8) is 0 Å². The fourth-order valence-corrected chi connectivity index (χ4v) is 4.90. The number of allylic oxidation sites excluding steroid dienone is 1. The molecule has 0 fully saturated rings. The minimum Gasteiger partial charge on any atom is -0.497 e. The molecule has 1 amide bonds. The molecule has 2 heterocycles. The lowest BCUT2D eigenvalue weighted by Crippen LogP contribution is -2.24. The van der Waals surface area contributed by atoms with Crippen LogP contribution in [0.15, 0.2) is 65.4 Å². The Morgan fingerprint density at radius 3 is 2.14 bits per heavy atom. The predicted octanol–water partition coefficient (Wildman–Crippen LogP) is 5.59. The van der Waals surface area contributed by atoms with E-state index in [-0.39, 0.29) is 5.91 Å². The molecule has 3 aromatic rings. The van der Waals surface area contributed by atoms with Gasteiger partial charge < -0.3 is 18.9 Å². The van der Waals surface area contributed by atoms with Crippen molar-refractivity contribution in [1.29, 1.82) is 0 Å². The molecule has 1 aliphatic heterocycles. The van der Waals surface area contributed by atoms with Crippen LogP contribution in [0.1, 0.15) is 40.6 Å². The summed E-state index contributed by atoms with van der Waals surface area (Å²) in [6.45, 7) is 10.4. The highest BCUT2D eigenvalue weighted by Gasteiger charge is 2.37. The second-order valence-corrected chi connectivity index (χ2v) is 9.26. The third-order valence-corrected chi connectivity index (χ3v) is 6.64.